The van der Waals surface area contributed by atoms with Gasteiger partial charge in [0.25, 0.3) is 0 Å². The lowest BCUT2D eigenvalue weighted by atomic mass is 9.97. The van der Waals surface area contributed by atoms with Crippen molar-refractivity contribution in [3.8, 4) is 22.6 Å². The van der Waals surface area contributed by atoms with E-state index in [4.69, 9.17) is 14.7 Å². The predicted molar refractivity (Wildman–Crippen MR) is 179 cm³/mol. The molecule has 2 aromatic carbocycles. The third kappa shape index (κ3) is 9.32. The largest absolute Gasteiger partial charge is 0.392 e. The fourth-order valence-electron chi connectivity index (χ4n) is 5.89. The van der Waals surface area contributed by atoms with Crippen molar-refractivity contribution in [2.45, 2.75) is 66.2 Å². The highest BCUT2D eigenvalue weighted by molar-refractivity contribution is 5.93. The summed E-state index contributed by atoms with van der Waals surface area (Å²) in [7, 11) is 0. The summed E-state index contributed by atoms with van der Waals surface area (Å²) >= 11 is 0. The summed E-state index contributed by atoms with van der Waals surface area (Å²) in [5.74, 6) is 1.55. The Balaban J connectivity index is 0.000000429. The molecule has 0 bridgehead atoms. The summed E-state index contributed by atoms with van der Waals surface area (Å²) in [5, 5.41) is 16.0. The molecule has 5 rings (SSSR count). The van der Waals surface area contributed by atoms with Gasteiger partial charge in [0.1, 0.15) is 5.82 Å². The average molecular weight is 603 g/mol. The smallest absolute Gasteiger partial charge is 0.227 e. The summed E-state index contributed by atoms with van der Waals surface area (Å²) in [6, 6.07) is 18.9. The van der Waals surface area contributed by atoms with Gasteiger partial charge < -0.3 is 25.4 Å². The van der Waals surface area contributed by atoms with Crippen molar-refractivity contribution in [3.63, 3.8) is 0 Å². The first-order valence-corrected chi connectivity index (χ1v) is 16.1. The second-order valence-electron chi connectivity index (χ2n) is 12.0. The first-order valence-electron chi connectivity index (χ1n) is 16.1. The molecule has 44 heavy (non-hydrogen) atoms. The molecule has 3 N–H and O–H groups in total. The SMILES string of the molecule is CCN(C(C)C)C(C)C.O=C(Nc1cccc(-c2cc(N3CCOCC3)nc(-c3cccc(CO)c3)n2)c1)C1CCNCC1. The molecule has 0 radical (unpaired) electrons. The van der Waals surface area contributed by atoms with Crippen molar-refractivity contribution in [1.29, 1.82) is 0 Å². The first-order chi connectivity index (χ1) is 21.3. The molecule has 1 aromatic heterocycles. The molecule has 0 unspecified atom stereocenters. The van der Waals surface area contributed by atoms with Gasteiger partial charge in [-0.1, -0.05) is 37.3 Å². The molecule has 2 saturated heterocycles. The van der Waals surface area contributed by atoms with Crippen molar-refractivity contribution in [1.82, 2.24) is 20.2 Å². The average Bonchev–Trinajstić information content (AvgIpc) is 3.06. The number of aromatic nitrogens is 2. The van der Waals surface area contributed by atoms with Crippen LogP contribution >= 0.6 is 0 Å². The fourth-order valence-corrected chi connectivity index (χ4v) is 5.89. The van der Waals surface area contributed by atoms with Crippen LogP contribution in [0.15, 0.2) is 54.6 Å². The molecule has 2 fully saturated rings. The molecule has 9 heteroatoms. The first kappa shape index (κ1) is 33.5. The quantitative estimate of drug-likeness (QED) is 0.307. The monoisotopic (exact) mass is 602 g/mol. The van der Waals surface area contributed by atoms with Gasteiger partial charge in [0, 0.05) is 54.0 Å². The molecular weight excluding hydrogens is 552 g/mol. The highest BCUT2D eigenvalue weighted by Crippen LogP contribution is 2.29. The number of anilines is 2. The van der Waals surface area contributed by atoms with Crippen LogP contribution in [0.1, 0.15) is 53.0 Å². The van der Waals surface area contributed by atoms with Crippen LogP contribution in [0.4, 0.5) is 11.5 Å². The van der Waals surface area contributed by atoms with E-state index in [9.17, 15) is 9.90 Å². The van der Waals surface area contributed by atoms with E-state index in [2.05, 4.69) is 55.1 Å². The molecule has 2 aliphatic rings. The van der Waals surface area contributed by atoms with E-state index in [1.807, 2.05) is 54.6 Å². The summed E-state index contributed by atoms with van der Waals surface area (Å²) in [6.45, 7) is 16.9. The van der Waals surface area contributed by atoms with Gasteiger partial charge in [-0.25, -0.2) is 9.97 Å². The van der Waals surface area contributed by atoms with Crippen molar-refractivity contribution in [2.75, 3.05) is 56.2 Å². The van der Waals surface area contributed by atoms with Crippen molar-refractivity contribution in [3.05, 3.63) is 60.2 Å². The number of rotatable bonds is 9. The standard InChI is InChI=1S/C27H31N5O3.C8H19N/c33-18-19-3-1-5-22(15-19)26-30-24(17-25(31-26)32-11-13-35-14-12-32)21-4-2-6-23(16-21)29-27(34)20-7-9-28-10-8-20;1-6-9(7(2)3)8(4)5/h1-6,15-17,20,28,33H,7-14,18H2,(H,29,34);7-8H,6H2,1-5H3. The van der Waals surface area contributed by atoms with E-state index in [1.54, 1.807) is 0 Å². The van der Waals surface area contributed by atoms with Gasteiger partial charge in [-0.3, -0.25) is 9.69 Å². The summed E-state index contributed by atoms with van der Waals surface area (Å²) in [5.41, 5.74) is 4.12. The van der Waals surface area contributed by atoms with Gasteiger partial charge in [0.2, 0.25) is 5.91 Å². The summed E-state index contributed by atoms with van der Waals surface area (Å²) in [6.07, 6.45) is 1.72. The number of nitrogens with one attached hydrogen (secondary N) is 2. The molecule has 0 spiro atoms. The number of carbonyl (C=O) groups excluding carboxylic acids is 1. The van der Waals surface area contributed by atoms with E-state index in [-0.39, 0.29) is 18.4 Å². The molecule has 3 heterocycles. The minimum atomic E-state index is -0.0390. The van der Waals surface area contributed by atoms with Crippen LogP contribution in [0.3, 0.4) is 0 Å². The van der Waals surface area contributed by atoms with Crippen molar-refractivity contribution >= 4 is 17.4 Å². The van der Waals surface area contributed by atoms with Gasteiger partial charge in [0.15, 0.2) is 5.82 Å². The van der Waals surface area contributed by atoms with Crippen LogP contribution in [0.25, 0.3) is 22.6 Å². The van der Waals surface area contributed by atoms with Crippen molar-refractivity contribution in [2.24, 2.45) is 5.92 Å². The van der Waals surface area contributed by atoms with Gasteiger partial charge in [-0.05, 0) is 83.9 Å². The second-order valence-corrected chi connectivity index (χ2v) is 12.0. The molecule has 3 aromatic rings. The number of piperidine rings is 1. The zero-order chi connectivity index (χ0) is 31.5. The van der Waals surface area contributed by atoms with Gasteiger partial charge in [-0.2, -0.15) is 0 Å². The molecular formula is C35H50N6O3. The molecule has 9 nitrogen and oxygen atoms in total. The van der Waals surface area contributed by atoms with Gasteiger partial charge in [0.05, 0.1) is 25.5 Å². The lowest BCUT2D eigenvalue weighted by Crippen LogP contribution is -2.36. The Kier molecular flexibility index (Phi) is 12.7. The van der Waals surface area contributed by atoms with E-state index in [0.29, 0.717) is 31.1 Å². The number of hydrogen-bond donors (Lipinski definition) is 3. The minimum Gasteiger partial charge on any atom is -0.392 e. The molecule has 0 saturated carbocycles. The highest BCUT2D eigenvalue weighted by atomic mass is 16.5. The number of aliphatic hydroxyl groups excluding tert-OH is 1. The van der Waals surface area contributed by atoms with E-state index < -0.39 is 0 Å². The Hall–Kier alpha value is -3.37. The number of benzene rings is 2. The maximum absolute atomic E-state index is 12.8. The summed E-state index contributed by atoms with van der Waals surface area (Å²) in [4.78, 5) is 27.2. The molecule has 0 atom stereocenters. The van der Waals surface area contributed by atoms with E-state index >= 15 is 0 Å². The number of ether oxygens (including phenoxy) is 1. The van der Waals surface area contributed by atoms with Crippen LogP contribution in [-0.2, 0) is 16.1 Å². The maximum Gasteiger partial charge on any atom is 0.227 e. The molecule has 1 amide bonds. The zero-order valence-electron chi connectivity index (χ0n) is 27.1. The Morgan fingerprint density at radius 2 is 1.68 bits per heavy atom. The highest BCUT2D eigenvalue weighted by Gasteiger charge is 2.21. The third-order valence-corrected chi connectivity index (χ3v) is 8.24. The summed E-state index contributed by atoms with van der Waals surface area (Å²) < 4.78 is 5.53. The Morgan fingerprint density at radius 1 is 1.00 bits per heavy atom. The predicted octanol–water partition coefficient (Wildman–Crippen LogP) is 5.20. The lowest BCUT2D eigenvalue weighted by Gasteiger charge is -2.28. The molecule has 2 aliphatic heterocycles. The normalized spacial score (nSPS) is 15.8. The van der Waals surface area contributed by atoms with E-state index in [0.717, 1.165) is 79.5 Å². The number of amides is 1. The second kappa shape index (κ2) is 16.6. The van der Waals surface area contributed by atoms with Crippen LogP contribution in [0, 0.1) is 5.92 Å². The number of carbonyl (C=O) groups is 1. The van der Waals surface area contributed by atoms with Crippen LogP contribution in [-0.4, -0.2) is 83.9 Å². The number of nitrogens with zero attached hydrogens (tertiary/aromatic N) is 4. The van der Waals surface area contributed by atoms with Crippen molar-refractivity contribution < 1.29 is 14.6 Å². The topological polar surface area (TPSA) is 103 Å². The Labute approximate surface area is 263 Å². The van der Waals surface area contributed by atoms with Crippen LogP contribution in [0.2, 0.25) is 0 Å². The number of morpholine rings is 1. The van der Waals surface area contributed by atoms with Gasteiger partial charge >= 0.3 is 0 Å². The Morgan fingerprint density at radius 3 is 2.32 bits per heavy atom. The number of aliphatic hydroxyl groups is 1. The Bertz CT molecular complexity index is 1330. The minimum absolute atomic E-state index is 0.0390. The third-order valence-electron chi connectivity index (χ3n) is 8.24. The zero-order valence-corrected chi connectivity index (χ0v) is 27.1. The number of hydrogen-bond acceptors (Lipinski definition) is 8. The maximum atomic E-state index is 12.8. The fraction of sp³-hybridized carbons (Fsp3) is 0.514. The molecule has 0 aliphatic carbocycles. The van der Waals surface area contributed by atoms with Crippen LogP contribution < -0.4 is 15.5 Å². The molecule has 238 valence electrons. The van der Waals surface area contributed by atoms with E-state index in [1.165, 1.54) is 0 Å². The van der Waals surface area contributed by atoms with Gasteiger partial charge in [-0.15, -0.1) is 0 Å². The lowest BCUT2D eigenvalue weighted by molar-refractivity contribution is -0.120. The van der Waals surface area contributed by atoms with Crippen LogP contribution in [0.5, 0.6) is 0 Å².